The van der Waals surface area contributed by atoms with Gasteiger partial charge in [0, 0.05) is 25.2 Å². The summed E-state index contributed by atoms with van der Waals surface area (Å²) in [5, 5.41) is 4.18. The molecule has 1 aliphatic heterocycles. The van der Waals surface area contributed by atoms with Crippen molar-refractivity contribution in [3.8, 4) is 0 Å². The molecule has 1 fully saturated rings. The number of benzene rings is 1. The lowest BCUT2D eigenvalue weighted by molar-refractivity contribution is 0.0708. The van der Waals surface area contributed by atoms with Gasteiger partial charge < -0.3 is 10.2 Å². The summed E-state index contributed by atoms with van der Waals surface area (Å²) in [5.41, 5.74) is 0.581. The van der Waals surface area contributed by atoms with E-state index in [0.717, 1.165) is 25.9 Å². The molecule has 0 aliphatic carbocycles. The van der Waals surface area contributed by atoms with E-state index in [-0.39, 0.29) is 24.4 Å². The minimum atomic E-state index is -0.0118. The summed E-state index contributed by atoms with van der Waals surface area (Å²) in [7, 11) is 1.84. The largest absolute Gasteiger partial charge is 0.337 e. The second-order valence-electron chi connectivity index (χ2n) is 4.55. The van der Waals surface area contributed by atoms with Gasteiger partial charge in [0.15, 0.2) is 0 Å². The van der Waals surface area contributed by atoms with Crippen molar-refractivity contribution >= 4 is 41.5 Å². The zero-order valence-corrected chi connectivity index (χ0v) is 13.0. The van der Waals surface area contributed by atoms with Crippen LogP contribution in [0.4, 0.5) is 0 Å². The summed E-state index contributed by atoms with van der Waals surface area (Å²) in [4.78, 5) is 14.1. The Kier molecular flexibility index (Phi) is 6.40. The third-order valence-corrected chi connectivity index (χ3v) is 4.04. The molecule has 0 spiro atoms. The van der Waals surface area contributed by atoms with Crippen molar-refractivity contribution in [3.63, 3.8) is 0 Å². The summed E-state index contributed by atoms with van der Waals surface area (Å²) >= 11 is 11.8. The van der Waals surface area contributed by atoms with Crippen LogP contribution in [0, 0.1) is 0 Å². The third kappa shape index (κ3) is 3.99. The van der Waals surface area contributed by atoms with Crippen molar-refractivity contribution < 1.29 is 4.79 Å². The zero-order valence-electron chi connectivity index (χ0n) is 10.7. The first-order chi connectivity index (χ1) is 8.59. The highest BCUT2D eigenvalue weighted by Gasteiger charge is 2.23. The third-order valence-electron chi connectivity index (χ3n) is 3.31. The van der Waals surface area contributed by atoms with E-state index in [2.05, 4.69) is 5.32 Å². The van der Waals surface area contributed by atoms with E-state index >= 15 is 0 Å². The molecule has 0 saturated carbocycles. The first-order valence-corrected chi connectivity index (χ1v) is 6.78. The number of carbonyl (C=O) groups excluding carboxylic acids is 1. The minimum Gasteiger partial charge on any atom is -0.337 e. The Morgan fingerprint density at radius 1 is 1.37 bits per heavy atom. The second-order valence-corrected chi connectivity index (χ2v) is 5.36. The summed E-state index contributed by atoms with van der Waals surface area (Å²) in [6.07, 6.45) is 2.14. The van der Waals surface area contributed by atoms with Crippen LogP contribution in [0.3, 0.4) is 0 Å². The van der Waals surface area contributed by atoms with E-state index in [9.17, 15) is 4.79 Å². The van der Waals surface area contributed by atoms with Gasteiger partial charge in [0.05, 0.1) is 10.0 Å². The molecule has 1 heterocycles. The predicted octanol–water partition coefficient (Wildman–Crippen LogP) is 3.24. The fourth-order valence-electron chi connectivity index (χ4n) is 2.16. The zero-order chi connectivity index (χ0) is 13.1. The minimum absolute atomic E-state index is 0. The predicted molar refractivity (Wildman–Crippen MR) is 81.7 cm³/mol. The summed E-state index contributed by atoms with van der Waals surface area (Å²) in [6, 6.07) is 5.24. The highest BCUT2D eigenvalue weighted by atomic mass is 35.5. The molecule has 2 rings (SSSR count). The molecule has 1 saturated heterocycles. The lowest BCUT2D eigenvalue weighted by Crippen LogP contribution is -2.46. The SMILES string of the molecule is CN(C(=O)c1ccc(Cl)c(Cl)c1)[C@@H]1CCCNC1.Cl. The Bertz CT molecular complexity index is 448. The Morgan fingerprint density at radius 2 is 2.11 bits per heavy atom. The van der Waals surface area contributed by atoms with Crippen LogP contribution in [0.1, 0.15) is 23.2 Å². The molecule has 0 bridgehead atoms. The molecule has 19 heavy (non-hydrogen) atoms. The molecule has 0 aromatic heterocycles. The molecule has 3 nitrogen and oxygen atoms in total. The molecule has 6 heteroatoms. The Balaban J connectivity index is 0.00000180. The normalized spacial score (nSPS) is 18.6. The van der Waals surface area contributed by atoms with E-state index in [1.807, 2.05) is 7.05 Å². The number of amides is 1. The van der Waals surface area contributed by atoms with Gasteiger partial charge in [-0.05, 0) is 37.6 Å². The van der Waals surface area contributed by atoms with Gasteiger partial charge in [-0.3, -0.25) is 4.79 Å². The monoisotopic (exact) mass is 322 g/mol. The molecule has 1 amide bonds. The number of hydrogen-bond acceptors (Lipinski definition) is 2. The van der Waals surface area contributed by atoms with Crippen molar-refractivity contribution in [3.05, 3.63) is 33.8 Å². The molecule has 1 aliphatic rings. The number of halogens is 3. The molecule has 1 aromatic carbocycles. The Hall–Kier alpha value is -0.480. The van der Waals surface area contributed by atoms with Crippen molar-refractivity contribution in [1.29, 1.82) is 0 Å². The summed E-state index contributed by atoms with van der Waals surface area (Å²) in [6.45, 7) is 1.88. The van der Waals surface area contributed by atoms with Gasteiger partial charge in [0.25, 0.3) is 5.91 Å². The molecule has 1 atom stereocenters. The van der Waals surface area contributed by atoms with Gasteiger partial charge >= 0.3 is 0 Å². The van der Waals surface area contributed by atoms with Gasteiger partial charge in [-0.1, -0.05) is 23.2 Å². The number of piperidine rings is 1. The number of nitrogens with one attached hydrogen (secondary N) is 1. The number of rotatable bonds is 2. The van der Waals surface area contributed by atoms with Crippen molar-refractivity contribution in [2.75, 3.05) is 20.1 Å². The van der Waals surface area contributed by atoms with Crippen molar-refractivity contribution in [2.45, 2.75) is 18.9 Å². The highest BCUT2D eigenvalue weighted by molar-refractivity contribution is 6.42. The molecule has 0 unspecified atom stereocenters. The topological polar surface area (TPSA) is 32.3 Å². The number of likely N-dealkylation sites (N-methyl/N-ethyl adjacent to an activating group) is 1. The van der Waals surface area contributed by atoms with Gasteiger partial charge in [0.2, 0.25) is 0 Å². The van der Waals surface area contributed by atoms with Crippen LogP contribution in [0.5, 0.6) is 0 Å². The quantitative estimate of drug-likeness (QED) is 0.906. The van der Waals surface area contributed by atoms with Crippen LogP contribution in [0.2, 0.25) is 10.0 Å². The van der Waals surface area contributed by atoms with Gasteiger partial charge in [-0.25, -0.2) is 0 Å². The first kappa shape index (κ1) is 16.6. The van der Waals surface area contributed by atoms with Crippen LogP contribution >= 0.6 is 35.6 Å². The average molecular weight is 324 g/mol. The average Bonchev–Trinajstić information content (AvgIpc) is 2.41. The molecule has 1 N–H and O–H groups in total. The fourth-order valence-corrected chi connectivity index (χ4v) is 2.46. The number of hydrogen-bond donors (Lipinski definition) is 1. The fraction of sp³-hybridized carbons (Fsp3) is 0.462. The lowest BCUT2D eigenvalue weighted by Gasteiger charge is -2.31. The van der Waals surface area contributed by atoms with E-state index in [0.29, 0.717) is 15.6 Å². The molecule has 106 valence electrons. The standard InChI is InChI=1S/C13H16Cl2N2O.ClH/c1-17(10-3-2-6-16-8-10)13(18)9-4-5-11(14)12(15)7-9;/h4-5,7,10,16H,2-3,6,8H2,1H3;1H/t10-;/m1./s1. The van der Waals surface area contributed by atoms with Crippen molar-refractivity contribution in [1.82, 2.24) is 10.2 Å². The van der Waals surface area contributed by atoms with Crippen LogP contribution in [-0.4, -0.2) is 37.0 Å². The first-order valence-electron chi connectivity index (χ1n) is 6.02. The van der Waals surface area contributed by atoms with E-state index in [4.69, 9.17) is 23.2 Å². The van der Waals surface area contributed by atoms with Crippen molar-refractivity contribution in [2.24, 2.45) is 0 Å². The van der Waals surface area contributed by atoms with Crippen LogP contribution in [0.25, 0.3) is 0 Å². The maximum atomic E-state index is 12.3. The highest BCUT2D eigenvalue weighted by Crippen LogP contribution is 2.23. The maximum absolute atomic E-state index is 12.3. The lowest BCUT2D eigenvalue weighted by atomic mass is 10.1. The summed E-state index contributed by atoms with van der Waals surface area (Å²) in [5.74, 6) is -0.0118. The molecule has 0 radical (unpaired) electrons. The maximum Gasteiger partial charge on any atom is 0.253 e. The summed E-state index contributed by atoms with van der Waals surface area (Å²) < 4.78 is 0. The molecular formula is C13H17Cl3N2O. The van der Waals surface area contributed by atoms with E-state index in [1.165, 1.54) is 0 Å². The van der Waals surface area contributed by atoms with Crippen LogP contribution < -0.4 is 5.32 Å². The Morgan fingerprint density at radius 3 is 2.68 bits per heavy atom. The van der Waals surface area contributed by atoms with Gasteiger partial charge in [-0.15, -0.1) is 12.4 Å². The van der Waals surface area contributed by atoms with Crippen LogP contribution in [0.15, 0.2) is 18.2 Å². The number of nitrogens with zero attached hydrogens (tertiary/aromatic N) is 1. The molecule has 1 aromatic rings. The van der Waals surface area contributed by atoms with E-state index < -0.39 is 0 Å². The van der Waals surface area contributed by atoms with Gasteiger partial charge in [-0.2, -0.15) is 0 Å². The Labute approximate surface area is 129 Å². The molecular weight excluding hydrogens is 307 g/mol. The smallest absolute Gasteiger partial charge is 0.253 e. The van der Waals surface area contributed by atoms with Gasteiger partial charge in [0.1, 0.15) is 0 Å². The second kappa shape index (κ2) is 7.34. The number of carbonyl (C=O) groups is 1. The van der Waals surface area contributed by atoms with Crippen LogP contribution in [-0.2, 0) is 0 Å². The van der Waals surface area contributed by atoms with E-state index in [1.54, 1.807) is 23.1 Å².